The topological polar surface area (TPSA) is 61.8 Å². The van der Waals surface area contributed by atoms with Gasteiger partial charge >= 0.3 is 0 Å². The summed E-state index contributed by atoms with van der Waals surface area (Å²) in [6.07, 6.45) is 1.96. The molecule has 1 saturated heterocycles. The van der Waals surface area contributed by atoms with Crippen LogP contribution in [-0.4, -0.2) is 43.3 Å². The van der Waals surface area contributed by atoms with Crippen LogP contribution in [0.25, 0.3) is 0 Å². The van der Waals surface area contributed by atoms with Crippen LogP contribution in [-0.2, 0) is 17.8 Å². The molecule has 0 radical (unpaired) electrons. The highest BCUT2D eigenvalue weighted by Gasteiger charge is 2.18. The van der Waals surface area contributed by atoms with E-state index in [1.807, 2.05) is 19.1 Å². The van der Waals surface area contributed by atoms with Crippen molar-refractivity contribution in [1.29, 1.82) is 0 Å². The number of halogens is 3. The lowest BCUT2D eigenvalue weighted by molar-refractivity contribution is 0.0529. The summed E-state index contributed by atoms with van der Waals surface area (Å²) in [7, 11) is 0. The molecular formula is C21H28F2IN5O. The van der Waals surface area contributed by atoms with Crippen LogP contribution in [0, 0.1) is 11.6 Å². The second kappa shape index (κ2) is 12.0. The largest absolute Gasteiger partial charge is 0.375 e. The molecule has 0 amide bonds. The van der Waals surface area contributed by atoms with Gasteiger partial charge in [-0.1, -0.05) is 0 Å². The normalized spacial score (nSPS) is 16.7. The number of guanidine groups is 1. The highest BCUT2D eigenvalue weighted by atomic mass is 127. The minimum atomic E-state index is -0.466. The van der Waals surface area contributed by atoms with Crippen molar-refractivity contribution in [3.05, 3.63) is 59.3 Å². The first-order chi connectivity index (χ1) is 14.0. The van der Waals surface area contributed by atoms with E-state index in [0.29, 0.717) is 25.7 Å². The Morgan fingerprint density at radius 1 is 1.27 bits per heavy atom. The fourth-order valence-electron chi connectivity index (χ4n) is 3.13. The second-order valence-corrected chi connectivity index (χ2v) is 6.93. The minimum Gasteiger partial charge on any atom is -0.375 e. The molecule has 2 N–H and O–H groups in total. The van der Waals surface area contributed by atoms with Crippen molar-refractivity contribution >= 4 is 35.8 Å². The van der Waals surface area contributed by atoms with Crippen molar-refractivity contribution in [1.82, 2.24) is 15.6 Å². The molecule has 164 valence electrons. The van der Waals surface area contributed by atoms with E-state index in [0.717, 1.165) is 36.6 Å². The number of anilines is 1. The van der Waals surface area contributed by atoms with Crippen LogP contribution in [0.15, 0.2) is 41.5 Å². The number of aromatic nitrogens is 1. The zero-order valence-electron chi connectivity index (χ0n) is 17.2. The number of hydrogen-bond acceptors (Lipinski definition) is 4. The van der Waals surface area contributed by atoms with Crippen LogP contribution in [0.4, 0.5) is 14.6 Å². The molecule has 6 nitrogen and oxygen atoms in total. The average molecular weight is 531 g/mol. The lowest BCUT2D eigenvalue weighted by Crippen LogP contribution is -2.41. The number of morpholine rings is 1. The summed E-state index contributed by atoms with van der Waals surface area (Å²) in [5.74, 6) is 0.530. The van der Waals surface area contributed by atoms with Crippen molar-refractivity contribution in [2.45, 2.75) is 33.0 Å². The van der Waals surface area contributed by atoms with E-state index in [4.69, 9.17) is 4.74 Å². The highest BCUT2D eigenvalue weighted by Crippen LogP contribution is 2.17. The Labute approximate surface area is 193 Å². The van der Waals surface area contributed by atoms with Crippen LogP contribution in [0.5, 0.6) is 0 Å². The van der Waals surface area contributed by atoms with E-state index in [-0.39, 0.29) is 42.2 Å². The Kier molecular flexibility index (Phi) is 9.70. The minimum absolute atomic E-state index is 0. The van der Waals surface area contributed by atoms with Crippen molar-refractivity contribution in [2.75, 3.05) is 31.1 Å². The van der Waals surface area contributed by atoms with Gasteiger partial charge < -0.3 is 20.3 Å². The molecule has 0 saturated carbocycles. The van der Waals surface area contributed by atoms with Gasteiger partial charge in [0.15, 0.2) is 5.96 Å². The fourth-order valence-corrected chi connectivity index (χ4v) is 3.13. The third kappa shape index (κ3) is 7.05. The summed E-state index contributed by atoms with van der Waals surface area (Å²) in [6.45, 7) is 7.55. The average Bonchev–Trinajstić information content (AvgIpc) is 2.72. The predicted molar refractivity (Wildman–Crippen MR) is 125 cm³/mol. The molecule has 9 heteroatoms. The van der Waals surface area contributed by atoms with Gasteiger partial charge in [-0.25, -0.2) is 18.8 Å². The van der Waals surface area contributed by atoms with Crippen molar-refractivity contribution < 1.29 is 13.5 Å². The zero-order valence-corrected chi connectivity index (χ0v) is 19.5. The summed E-state index contributed by atoms with van der Waals surface area (Å²) in [6, 6.07) is 7.37. The van der Waals surface area contributed by atoms with Crippen molar-refractivity contribution in [3.63, 3.8) is 0 Å². The predicted octanol–water partition coefficient (Wildman–Crippen LogP) is 3.46. The first-order valence-electron chi connectivity index (χ1n) is 9.82. The first kappa shape index (κ1) is 24.3. The van der Waals surface area contributed by atoms with Crippen LogP contribution in [0.3, 0.4) is 0 Å². The van der Waals surface area contributed by atoms with E-state index in [2.05, 4.69) is 32.4 Å². The molecule has 0 aliphatic carbocycles. The lowest BCUT2D eigenvalue weighted by Gasteiger charge is -2.32. The summed E-state index contributed by atoms with van der Waals surface area (Å²) in [4.78, 5) is 11.2. The maximum absolute atomic E-state index is 13.8. The van der Waals surface area contributed by atoms with E-state index >= 15 is 0 Å². The van der Waals surface area contributed by atoms with Crippen molar-refractivity contribution in [2.24, 2.45) is 4.99 Å². The Bertz CT molecular complexity index is 852. The molecule has 1 aromatic heterocycles. The number of pyridine rings is 1. The Morgan fingerprint density at radius 3 is 2.87 bits per heavy atom. The lowest BCUT2D eigenvalue weighted by atomic mass is 10.2. The summed E-state index contributed by atoms with van der Waals surface area (Å²) in [5.41, 5.74) is 1.27. The van der Waals surface area contributed by atoms with Gasteiger partial charge in [-0.15, -0.1) is 24.0 Å². The Morgan fingerprint density at radius 2 is 2.10 bits per heavy atom. The molecule has 0 spiro atoms. The summed E-state index contributed by atoms with van der Waals surface area (Å²) in [5, 5.41) is 6.17. The molecule has 1 unspecified atom stereocenters. The number of aliphatic imine (C=N–C) groups is 1. The standard InChI is InChI=1S/C21H27F2N5O.HI/c1-3-24-21(27-13-17-11-18(22)4-5-19(17)23)26-12-16-6-7-25-20(10-16)28-8-9-29-15(2)14-28;/h4-7,10-11,15H,3,8-9,12-14H2,1-2H3,(H2,24,26,27);1H. The molecule has 2 heterocycles. The Balaban J connectivity index is 0.00000320. The van der Waals surface area contributed by atoms with Gasteiger partial charge in [0.25, 0.3) is 0 Å². The second-order valence-electron chi connectivity index (χ2n) is 6.93. The van der Waals surface area contributed by atoms with Gasteiger partial charge in [0, 0.05) is 37.9 Å². The van der Waals surface area contributed by atoms with Gasteiger partial charge in [-0.05, 0) is 49.7 Å². The van der Waals surface area contributed by atoms with E-state index in [1.54, 1.807) is 6.20 Å². The quantitative estimate of drug-likeness (QED) is 0.340. The van der Waals surface area contributed by atoms with E-state index in [9.17, 15) is 8.78 Å². The number of nitrogens with zero attached hydrogens (tertiary/aromatic N) is 3. The molecule has 30 heavy (non-hydrogen) atoms. The molecule has 1 atom stereocenters. The zero-order chi connectivity index (χ0) is 20.6. The number of rotatable bonds is 6. The highest BCUT2D eigenvalue weighted by molar-refractivity contribution is 14.0. The van der Waals surface area contributed by atoms with Crippen LogP contribution in [0.2, 0.25) is 0 Å². The number of hydrogen-bond donors (Lipinski definition) is 2. The van der Waals surface area contributed by atoms with E-state index < -0.39 is 11.6 Å². The monoisotopic (exact) mass is 531 g/mol. The SMILES string of the molecule is CCNC(=NCc1ccnc(N2CCOC(C)C2)c1)NCc1cc(F)ccc1F.I. The third-order valence-corrected chi connectivity index (χ3v) is 4.59. The van der Waals surface area contributed by atoms with Gasteiger partial charge in [-0.3, -0.25) is 0 Å². The summed E-state index contributed by atoms with van der Waals surface area (Å²) >= 11 is 0. The maximum atomic E-state index is 13.8. The number of nitrogens with one attached hydrogen (secondary N) is 2. The van der Waals surface area contributed by atoms with Gasteiger partial charge in [0.2, 0.25) is 0 Å². The molecule has 1 aliphatic heterocycles. The molecule has 0 bridgehead atoms. The molecule has 3 rings (SSSR count). The van der Waals surface area contributed by atoms with Gasteiger partial charge in [0.1, 0.15) is 17.5 Å². The summed E-state index contributed by atoms with van der Waals surface area (Å²) < 4.78 is 32.8. The first-order valence-corrected chi connectivity index (χ1v) is 9.82. The number of ether oxygens (including phenoxy) is 1. The number of benzene rings is 1. The van der Waals surface area contributed by atoms with Crippen molar-refractivity contribution in [3.8, 4) is 0 Å². The van der Waals surface area contributed by atoms with Crippen LogP contribution >= 0.6 is 24.0 Å². The molecule has 1 fully saturated rings. The molecule has 1 aromatic carbocycles. The molecule has 1 aliphatic rings. The fraction of sp³-hybridized carbons (Fsp3) is 0.429. The smallest absolute Gasteiger partial charge is 0.191 e. The van der Waals surface area contributed by atoms with Crippen LogP contribution < -0.4 is 15.5 Å². The molecule has 2 aromatic rings. The Hall–Kier alpha value is -2.01. The van der Waals surface area contributed by atoms with Gasteiger partial charge in [0.05, 0.1) is 19.3 Å². The van der Waals surface area contributed by atoms with Crippen LogP contribution in [0.1, 0.15) is 25.0 Å². The maximum Gasteiger partial charge on any atom is 0.191 e. The van der Waals surface area contributed by atoms with E-state index in [1.165, 1.54) is 6.07 Å². The molecular weight excluding hydrogens is 503 g/mol. The van der Waals surface area contributed by atoms with Gasteiger partial charge in [-0.2, -0.15) is 0 Å². The third-order valence-electron chi connectivity index (χ3n) is 4.59.